The molecule has 0 radical (unpaired) electrons. The summed E-state index contributed by atoms with van der Waals surface area (Å²) in [6.45, 7) is 6.51. The van der Waals surface area contributed by atoms with Crippen LogP contribution in [-0.4, -0.2) is 81.8 Å². The van der Waals surface area contributed by atoms with E-state index < -0.39 is 0 Å². The Hall–Kier alpha value is -4.02. The van der Waals surface area contributed by atoms with Gasteiger partial charge in [-0.05, 0) is 56.8 Å². The molecule has 3 heterocycles. The van der Waals surface area contributed by atoms with Crippen LogP contribution in [0.4, 0.5) is 11.5 Å². The molecule has 2 aliphatic rings. The maximum absolute atomic E-state index is 13.1. The number of fused-ring (bicyclic) bond motifs is 1. The fourth-order valence-electron chi connectivity index (χ4n) is 6.57. The third kappa shape index (κ3) is 6.21. The molecule has 43 heavy (non-hydrogen) atoms. The number of benzene rings is 2. The summed E-state index contributed by atoms with van der Waals surface area (Å²) >= 11 is 0. The van der Waals surface area contributed by atoms with Crippen molar-refractivity contribution in [2.24, 2.45) is 5.92 Å². The van der Waals surface area contributed by atoms with E-state index in [1.807, 2.05) is 55.5 Å². The fourth-order valence-corrected chi connectivity index (χ4v) is 6.57. The molecule has 10 nitrogen and oxygen atoms in total. The molecule has 3 N–H and O–H groups in total. The molecule has 2 aromatic heterocycles. The number of anilines is 2. The van der Waals surface area contributed by atoms with Crippen molar-refractivity contribution in [1.82, 2.24) is 29.5 Å². The molecule has 1 aliphatic heterocycles. The van der Waals surface area contributed by atoms with E-state index in [1.54, 1.807) is 7.11 Å². The van der Waals surface area contributed by atoms with Crippen molar-refractivity contribution in [3.8, 4) is 17.0 Å². The maximum atomic E-state index is 13.1. The first-order valence-electron chi connectivity index (χ1n) is 15.4. The lowest BCUT2D eigenvalue weighted by atomic mass is 9.90. The van der Waals surface area contributed by atoms with Gasteiger partial charge in [-0.15, -0.1) is 0 Å². The first-order valence-corrected chi connectivity index (χ1v) is 15.4. The number of nitrogens with zero attached hydrogens (tertiary/aromatic N) is 6. The van der Waals surface area contributed by atoms with Crippen LogP contribution in [-0.2, 0) is 11.2 Å². The van der Waals surface area contributed by atoms with Crippen molar-refractivity contribution in [1.29, 1.82) is 0 Å². The first kappa shape index (κ1) is 29.1. The highest BCUT2D eigenvalue weighted by Gasteiger charge is 2.31. The number of likely N-dealkylation sites (N-methyl/N-ethyl adjacent to an activating group) is 1. The highest BCUT2D eigenvalue weighted by molar-refractivity contribution is 5.99. The summed E-state index contributed by atoms with van der Waals surface area (Å²) in [4.78, 5) is 27.1. The van der Waals surface area contributed by atoms with Gasteiger partial charge in [0.05, 0.1) is 24.2 Å². The van der Waals surface area contributed by atoms with Crippen molar-refractivity contribution in [2.75, 3.05) is 51.4 Å². The van der Waals surface area contributed by atoms with Gasteiger partial charge in [0.15, 0.2) is 5.65 Å². The molecule has 6 rings (SSSR count). The Balaban J connectivity index is 1.22. The number of nitrogens with one attached hydrogen (secondary N) is 1. The molecular weight excluding hydrogens is 540 g/mol. The monoisotopic (exact) mass is 582 g/mol. The zero-order valence-corrected chi connectivity index (χ0v) is 25.4. The fraction of sp³-hybridized carbons (Fsp3) is 0.455. The lowest BCUT2D eigenvalue weighted by Crippen LogP contribution is -2.49. The molecular formula is C33H42N8O2. The lowest BCUT2D eigenvalue weighted by Gasteiger charge is -2.41. The predicted molar refractivity (Wildman–Crippen MR) is 170 cm³/mol. The number of rotatable bonds is 8. The maximum Gasteiger partial charge on any atom is 0.227 e. The molecule has 226 valence electrons. The van der Waals surface area contributed by atoms with Gasteiger partial charge in [0.2, 0.25) is 5.91 Å². The normalized spacial score (nSPS) is 20.6. The molecule has 1 atom stereocenters. The van der Waals surface area contributed by atoms with Crippen LogP contribution in [0.3, 0.4) is 0 Å². The molecule has 4 aromatic rings. The van der Waals surface area contributed by atoms with E-state index in [9.17, 15) is 4.79 Å². The molecule has 10 heteroatoms. The van der Waals surface area contributed by atoms with Crippen LogP contribution < -0.4 is 15.8 Å². The van der Waals surface area contributed by atoms with Crippen molar-refractivity contribution < 1.29 is 9.53 Å². The van der Waals surface area contributed by atoms with Crippen molar-refractivity contribution >= 4 is 28.4 Å². The Morgan fingerprint density at radius 2 is 1.74 bits per heavy atom. The van der Waals surface area contributed by atoms with Crippen LogP contribution >= 0.6 is 0 Å². The Morgan fingerprint density at radius 3 is 2.47 bits per heavy atom. The predicted octanol–water partition coefficient (Wildman–Crippen LogP) is 4.63. The van der Waals surface area contributed by atoms with E-state index in [1.165, 1.54) is 6.33 Å². The van der Waals surface area contributed by atoms with Gasteiger partial charge in [-0.2, -0.15) is 5.10 Å². The molecule has 1 saturated heterocycles. The number of piperazine rings is 1. The molecule has 1 unspecified atom stereocenters. The van der Waals surface area contributed by atoms with Crippen LogP contribution in [0.5, 0.6) is 5.75 Å². The first-order chi connectivity index (χ1) is 20.9. The average Bonchev–Trinajstić information content (AvgIpc) is 3.43. The van der Waals surface area contributed by atoms with Crippen LogP contribution in [0.15, 0.2) is 54.9 Å². The number of hydrogen-bond donors (Lipinski definition) is 2. The third-order valence-electron chi connectivity index (χ3n) is 9.15. The third-order valence-corrected chi connectivity index (χ3v) is 9.15. The van der Waals surface area contributed by atoms with Crippen molar-refractivity contribution in [3.05, 3.63) is 60.4 Å². The number of ether oxygens (including phenoxy) is 1. The summed E-state index contributed by atoms with van der Waals surface area (Å²) in [6.07, 6.45) is 6.57. The smallest absolute Gasteiger partial charge is 0.227 e. The van der Waals surface area contributed by atoms with Crippen molar-refractivity contribution in [2.45, 2.75) is 51.1 Å². The SMILES string of the molecule is COc1cc(-c2nn(C3CCC(N4CCN(C)CC4)CC3)c3ncnc(N)c23)ccc1NC(=O)C(C)Cc1ccccc1. The summed E-state index contributed by atoms with van der Waals surface area (Å²) in [6, 6.07) is 16.6. The minimum absolute atomic E-state index is 0.0607. The molecule has 1 aliphatic carbocycles. The number of nitrogen functional groups attached to an aromatic ring is 1. The summed E-state index contributed by atoms with van der Waals surface area (Å²) in [7, 11) is 3.81. The van der Waals surface area contributed by atoms with E-state index in [0.717, 1.165) is 79.7 Å². The van der Waals surface area contributed by atoms with Gasteiger partial charge in [-0.25, -0.2) is 14.6 Å². The molecule has 2 fully saturated rings. The van der Waals surface area contributed by atoms with Gasteiger partial charge >= 0.3 is 0 Å². The van der Waals surface area contributed by atoms with Crippen LogP contribution in [0.2, 0.25) is 0 Å². The topological polar surface area (TPSA) is 114 Å². The van der Waals surface area contributed by atoms with E-state index in [-0.39, 0.29) is 17.9 Å². The second-order valence-corrected chi connectivity index (χ2v) is 12.0. The summed E-state index contributed by atoms with van der Waals surface area (Å²) in [5.41, 5.74) is 10.5. The Morgan fingerprint density at radius 1 is 1.02 bits per heavy atom. The zero-order chi connectivity index (χ0) is 29.9. The lowest BCUT2D eigenvalue weighted by molar-refractivity contribution is -0.119. The number of hydrogen-bond acceptors (Lipinski definition) is 8. The van der Waals surface area contributed by atoms with Gasteiger partial charge in [0.25, 0.3) is 0 Å². The van der Waals surface area contributed by atoms with Gasteiger partial charge in [-0.1, -0.05) is 43.3 Å². The quantitative estimate of drug-likeness (QED) is 0.309. The second kappa shape index (κ2) is 12.7. The number of carbonyl (C=O) groups is 1. The van der Waals surface area contributed by atoms with E-state index in [0.29, 0.717) is 29.7 Å². The van der Waals surface area contributed by atoms with Crippen LogP contribution in [0.25, 0.3) is 22.3 Å². The molecule has 1 amide bonds. The van der Waals surface area contributed by atoms with Gasteiger partial charge in [0.1, 0.15) is 23.6 Å². The Kier molecular flexibility index (Phi) is 8.58. The number of carbonyl (C=O) groups excluding carboxylic acids is 1. The van der Waals surface area contributed by atoms with E-state index >= 15 is 0 Å². The van der Waals surface area contributed by atoms with E-state index in [4.69, 9.17) is 15.6 Å². The van der Waals surface area contributed by atoms with E-state index in [2.05, 4.69) is 36.8 Å². The van der Waals surface area contributed by atoms with Gasteiger partial charge < -0.3 is 20.7 Å². The largest absolute Gasteiger partial charge is 0.495 e. The standard InChI is InChI=1S/C33H42N8O2/c1-22(19-23-7-5-4-6-8-23)33(42)37-27-14-9-24(20-28(27)43-3)30-29-31(34)35-21-36-32(29)41(38-30)26-12-10-25(11-13-26)40-17-15-39(2)16-18-40/h4-9,14,20-22,25-26H,10-13,15-19H2,1-3H3,(H,37,42)(H2,34,35,36). The number of amides is 1. The minimum atomic E-state index is -0.199. The second-order valence-electron chi connectivity index (χ2n) is 12.0. The number of nitrogens with two attached hydrogens (primary N) is 1. The molecule has 0 bridgehead atoms. The Bertz CT molecular complexity index is 1560. The highest BCUT2D eigenvalue weighted by atomic mass is 16.5. The Labute approximate surface area is 253 Å². The summed E-state index contributed by atoms with van der Waals surface area (Å²) < 4.78 is 7.79. The summed E-state index contributed by atoms with van der Waals surface area (Å²) in [5.74, 6) is 0.705. The van der Waals surface area contributed by atoms with Crippen LogP contribution in [0, 0.1) is 5.92 Å². The number of methoxy groups -OCH3 is 1. The van der Waals surface area contributed by atoms with Crippen LogP contribution in [0.1, 0.15) is 44.2 Å². The average molecular weight is 583 g/mol. The number of aromatic nitrogens is 4. The minimum Gasteiger partial charge on any atom is -0.495 e. The van der Waals surface area contributed by atoms with Gasteiger partial charge in [-0.3, -0.25) is 9.69 Å². The van der Waals surface area contributed by atoms with Gasteiger partial charge in [0, 0.05) is 43.7 Å². The highest BCUT2D eigenvalue weighted by Crippen LogP contribution is 2.39. The zero-order valence-electron chi connectivity index (χ0n) is 25.4. The molecule has 2 aromatic carbocycles. The molecule has 1 saturated carbocycles. The molecule has 0 spiro atoms. The summed E-state index contributed by atoms with van der Waals surface area (Å²) in [5, 5.41) is 8.91. The van der Waals surface area contributed by atoms with Crippen molar-refractivity contribution in [3.63, 3.8) is 0 Å².